The van der Waals surface area contributed by atoms with Crippen molar-refractivity contribution in [1.82, 2.24) is 20.9 Å². The van der Waals surface area contributed by atoms with Crippen LogP contribution in [-0.2, 0) is 21.7 Å². The first-order valence-corrected chi connectivity index (χ1v) is 13.7. The highest BCUT2D eigenvalue weighted by Crippen LogP contribution is 2.47. The molecule has 0 bridgehead atoms. The number of nitrogens with zero attached hydrogens (tertiary/aromatic N) is 1. The SMILES string of the molecule is C#CCNC(=O)C(=O)NCc1ccccc1C(=O)NC1(c2cc(OC)cc(C3=CN(C4CC4)CCC=C3)c2)CC1. The second-order valence-corrected chi connectivity index (χ2v) is 10.5. The number of ether oxygens (including phenoxy) is 1. The van der Waals surface area contributed by atoms with Gasteiger partial charge in [0.25, 0.3) is 5.91 Å². The average molecular weight is 539 g/mol. The summed E-state index contributed by atoms with van der Waals surface area (Å²) < 4.78 is 5.67. The molecular formula is C32H34N4O4. The highest BCUT2D eigenvalue weighted by molar-refractivity contribution is 6.35. The Balaban J connectivity index is 1.34. The number of carbonyl (C=O) groups is 3. The number of amides is 3. The molecular weight excluding hydrogens is 504 g/mol. The molecule has 40 heavy (non-hydrogen) atoms. The average Bonchev–Trinajstić information content (AvgIpc) is 3.88. The zero-order valence-corrected chi connectivity index (χ0v) is 22.7. The summed E-state index contributed by atoms with van der Waals surface area (Å²) in [6, 6.07) is 13.9. The predicted molar refractivity (Wildman–Crippen MR) is 153 cm³/mol. The molecule has 1 aliphatic heterocycles. The third-order valence-electron chi connectivity index (χ3n) is 7.56. The van der Waals surface area contributed by atoms with E-state index in [4.69, 9.17) is 11.2 Å². The molecule has 1 heterocycles. The van der Waals surface area contributed by atoms with E-state index in [-0.39, 0.29) is 19.0 Å². The van der Waals surface area contributed by atoms with Crippen molar-refractivity contribution >= 4 is 23.3 Å². The van der Waals surface area contributed by atoms with Gasteiger partial charge in [0, 0.05) is 30.9 Å². The molecule has 3 aliphatic rings. The number of methoxy groups -OCH3 is 1. The molecule has 2 aliphatic carbocycles. The maximum atomic E-state index is 13.5. The lowest BCUT2D eigenvalue weighted by atomic mass is 9.96. The zero-order valence-electron chi connectivity index (χ0n) is 22.7. The Morgan fingerprint density at radius 1 is 1.10 bits per heavy atom. The number of hydrogen-bond acceptors (Lipinski definition) is 5. The van der Waals surface area contributed by atoms with Gasteiger partial charge in [-0.25, -0.2) is 0 Å². The van der Waals surface area contributed by atoms with Crippen molar-refractivity contribution in [3.8, 4) is 18.1 Å². The third-order valence-corrected chi connectivity index (χ3v) is 7.56. The van der Waals surface area contributed by atoms with E-state index >= 15 is 0 Å². The number of carbonyl (C=O) groups excluding carboxylic acids is 3. The van der Waals surface area contributed by atoms with Gasteiger partial charge in [-0.1, -0.05) is 36.3 Å². The largest absolute Gasteiger partial charge is 0.497 e. The van der Waals surface area contributed by atoms with Gasteiger partial charge in [-0.05, 0) is 78.6 Å². The topological polar surface area (TPSA) is 99.8 Å². The Labute approximate surface area is 234 Å². The second-order valence-electron chi connectivity index (χ2n) is 10.5. The van der Waals surface area contributed by atoms with E-state index in [0.717, 1.165) is 48.3 Å². The van der Waals surface area contributed by atoms with Gasteiger partial charge >= 0.3 is 11.8 Å². The minimum Gasteiger partial charge on any atom is -0.497 e. The standard InChI is InChI=1S/C32H34N4O4/c1-3-15-33-30(38)31(39)34-20-22-8-4-5-10-28(22)29(37)35-32(13-14-32)25-17-24(18-27(19-25)40-2)23-9-6-7-16-36(21-23)26-11-12-26/h1,4-6,8-10,17-19,21,26H,7,11-16,20H2,2H3,(H,33,38)(H,34,39)(H,35,37). The van der Waals surface area contributed by atoms with Crippen LogP contribution in [0.4, 0.5) is 0 Å². The van der Waals surface area contributed by atoms with Crippen molar-refractivity contribution in [2.45, 2.75) is 50.2 Å². The highest BCUT2D eigenvalue weighted by Gasteiger charge is 2.46. The fourth-order valence-electron chi connectivity index (χ4n) is 5.00. The van der Waals surface area contributed by atoms with Crippen LogP contribution < -0.4 is 20.7 Å². The molecule has 2 saturated carbocycles. The first kappa shape index (κ1) is 27.1. The van der Waals surface area contributed by atoms with Gasteiger partial charge in [0.1, 0.15) is 5.75 Å². The predicted octanol–water partition coefficient (Wildman–Crippen LogP) is 3.25. The van der Waals surface area contributed by atoms with Crippen molar-refractivity contribution in [2.24, 2.45) is 0 Å². The van der Waals surface area contributed by atoms with Crippen LogP contribution in [0.25, 0.3) is 5.57 Å². The second kappa shape index (κ2) is 11.7. The Morgan fingerprint density at radius 2 is 1.88 bits per heavy atom. The molecule has 2 aromatic rings. The molecule has 8 nitrogen and oxygen atoms in total. The summed E-state index contributed by atoms with van der Waals surface area (Å²) in [5.41, 5.74) is 3.74. The van der Waals surface area contributed by atoms with Gasteiger partial charge in [0.2, 0.25) is 0 Å². The van der Waals surface area contributed by atoms with Crippen molar-refractivity contribution in [2.75, 3.05) is 20.2 Å². The quantitative estimate of drug-likeness (QED) is 0.336. The molecule has 0 unspecified atom stereocenters. The van der Waals surface area contributed by atoms with Crippen LogP contribution in [0.15, 0.2) is 60.8 Å². The Hall–Kier alpha value is -4.51. The Bertz CT molecular complexity index is 1410. The van der Waals surface area contributed by atoms with E-state index in [1.54, 1.807) is 31.4 Å². The minimum absolute atomic E-state index is 0.0280. The van der Waals surface area contributed by atoms with Gasteiger partial charge in [-0.15, -0.1) is 6.42 Å². The molecule has 8 heteroatoms. The molecule has 5 rings (SSSR count). The smallest absolute Gasteiger partial charge is 0.310 e. The van der Waals surface area contributed by atoms with E-state index in [1.165, 1.54) is 12.8 Å². The summed E-state index contributed by atoms with van der Waals surface area (Å²) in [5.74, 6) is 1.13. The Kier molecular flexibility index (Phi) is 7.92. The summed E-state index contributed by atoms with van der Waals surface area (Å²) in [4.78, 5) is 39.9. The normalized spacial score (nSPS) is 17.1. The van der Waals surface area contributed by atoms with E-state index in [9.17, 15) is 14.4 Å². The number of allylic oxidation sites excluding steroid dienone is 2. The maximum Gasteiger partial charge on any atom is 0.310 e. The molecule has 0 spiro atoms. The summed E-state index contributed by atoms with van der Waals surface area (Å²) in [7, 11) is 1.66. The number of terminal acetylenes is 1. The van der Waals surface area contributed by atoms with Crippen molar-refractivity contribution in [1.29, 1.82) is 0 Å². The van der Waals surface area contributed by atoms with Crippen LogP contribution in [0, 0.1) is 12.3 Å². The summed E-state index contributed by atoms with van der Waals surface area (Å²) in [6.07, 6.45) is 16.9. The first-order chi connectivity index (χ1) is 19.4. The van der Waals surface area contributed by atoms with Crippen molar-refractivity contribution in [3.63, 3.8) is 0 Å². The molecule has 0 radical (unpaired) electrons. The van der Waals surface area contributed by atoms with Crippen molar-refractivity contribution in [3.05, 3.63) is 83.1 Å². The van der Waals surface area contributed by atoms with Gasteiger partial charge in [0.05, 0.1) is 19.2 Å². The maximum absolute atomic E-state index is 13.5. The van der Waals surface area contributed by atoms with Gasteiger partial charge < -0.3 is 25.6 Å². The Morgan fingerprint density at radius 3 is 2.60 bits per heavy atom. The van der Waals surface area contributed by atoms with E-state index < -0.39 is 17.4 Å². The van der Waals surface area contributed by atoms with Crippen molar-refractivity contribution < 1.29 is 19.1 Å². The van der Waals surface area contributed by atoms with Gasteiger partial charge in [0.15, 0.2) is 0 Å². The molecule has 2 fully saturated rings. The summed E-state index contributed by atoms with van der Waals surface area (Å²) >= 11 is 0. The molecule has 0 atom stereocenters. The third kappa shape index (κ3) is 6.20. The van der Waals surface area contributed by atoms with Crippen LogP contribution >= 0.6 is 0 Å². The molecule has 0 saturated heterocycles. The van der Waals surface area contributed by atoms with Crippen LogP contribution in [-0.4, -0.2) is 48.9 Å². The molecule has 3 amide bonds. The first-order valence-electron chi connectivity index (χ1n) is 13.7. The van der Waals surface area contributed by atoms with E-state index in [0.29, 0.717) is 17.2 Å². The summed E-state index contributed by atoms with van der Waals surface area (Å²) in [5, 5.41) is 8.14. The van der Waals surface area contributed by atoms with E-state index in [1.807, 2.05) is 12.1 Å². The highest BCUT2D eigenvalue weighted by atomic mass is 16.5. The lowest BCUT2D eigenvalue weighted by molar-refractivity contribution is -0.139. The lowest BCUT2D eigenvalue weighted by Crippen LogP contribution is -2.40. The monoisotopic (exact) mass is 538 g/mol. The van der Waals surface area contributed by atoms with Crippen LogP contribution in [0.5, 0.6) is 5.75 Å². The number of rotatable bonds is 9. The van der Waals surface area contributed by atoms with Crippen LogP contribution in [0.3, 0.4) is 0 Å². The number of benzene rings is 2. The van der Waals surface area contributed by atoms with Crippen LogP contribution in [0.1, 0.15) is 59.2 Å². The number of hydrogen-bond donors (Lipinski definition) is 3. The fourth-order valence-corrected chi connectivity index (χ4v) is 5.00. The zero-order chi connectivity index (χ0) is 28.1. The molecule has 0 aromatic heterocycles. The number of nitrogens with one attached hydrogen (secondary N) is 3. The summed E-state index contributed by atoms with van der Waals surface area (Å²) in [6.45, 7) is 1.02. The molecule has 3 N–H and O–H groups in total. The fraction of sp³-hybridized carbons (Fsp3) is 0.344. The molecule has 206 valence electrons. The lowest BCUT2D eigenvalue weighted by Gasteiger charge is -2.22. The van der Waals surface area contributed by atoms with E-state index in [2.05, 4.69) is 51.2 Å². The molecule has 2 aromatic carbocycles. The minimum atomic E-state index is -0.815. The van der Waals surface area contributed by atoms with Gasteiger partial charge in [-0.2, -0.15) is 0 Å². The van der Waals surface area contributed by atoms with Crippen LogP contribution in [0.2, 0.25) is 0 Å². The van der Waals surface area contributed by atoms with Gasteiger partial charge in [-0.3, -0.25) is 14.4 Å².